The normalized spacial score (nSPS) is 17.0. The average Bonchev–Trinajstić information content (AvgIpc) is 3.16. The third-order valence-corrected chi connectivity index (χ3v) is 6.58. The van der Waals surface area contributed by atoms with Crippen LogP contribution in [-0.4, -0.2) is 42.3 Å². The molecular weight excluding hydrogens is 429 g/mol. The lowest BCUT2D eigenvalue weighted by molar-refractivity contribution is -0.113. The van der Waals surface area contributed by atoms with Crippen LogP contribution >= 0.6 is 11.8 Å². The molecule has 0 saturated heterocycles. The van der Waals surface area contributed by atoms with Crippen LogP contribution in [0, 0.1) is 5.82 Å². The molecule has 2 aromatic carbocycles. The Morgan fingerprint density at radius 2 is 1.75 bits per heavy atom. The molecule has 1 aliphatic heterocycles. The highest BCUT2D eigenvalue weighted by Crippen LogP contribution is 2.39. The number of halogens is 1. The number of nitrogens with one attached hydrogen (secondary N) is 1. The first kappa shape index (κ1) is 22.3. The fourth-order valence-corrected chi connectivity index (χ4v) is 4.88. The fraction of sp³-hybridized carbons (Fsp3) is 0.375. The van der Waals surface area contributed by atoms with E-state index in [1.807, 2.05) is 0 Å². The summed E-state index contributed by atoms with van der Waals surface area (Å²) >= 11 is 1.36. The number of nitrogens with zero attached hydrogens (tertiary/aromatic N) is 2. The van der Waals surface area contributed by atoms with Crippen LogP contribution in [0.1, 0.15) is 37.7 Å². The second-order valence-electron chi connectivity index (χ2n) is 7.83. The first-order valence-corrected chi connectivity index (χ1v) is 11.6. The molecule has 2 aromatic rings. The van der Waals surface area contributed by atoms with Crippen LogP contribution in [0.5, 0.6) is 11.5 Å². The number of rotatable bonds is 6. The number of thioether (sulfide) groups is 1. The molecule has 2 aliphatic rings. The maximum absolute atomic E-state index is 13.4. The minimum atomic E-state index is -0.440. The molecule has 0 bridgehead atoms. The van der Waals surface area contributed by atoms with Gasteiger partial charge in [0, 0.05) is 17.3 Å². The van der Waals surface area contributed by atoms with Gasteiger partial charge in [0.05, 0.1) is 25.7 Å². The van der Waals surface area contributed by atoms with Crippen molar-refractivity contribution in [2.24, 2.45) is 9.98 Å². The Kier molecular flexibility index (Phi) is 6.79. The van der Waals surface area contributed by atoms with Crippen LogP contribution in [0.2, 0.25) is 0 Å². The smallest absolute Gasteiger partial charge is 0.234 e. The van der Waals surface area contributed by atoms with E-state index >= 15 is 0 Å². The summed E-state index contributed by atoms with van der Waals surface area (Å²) in [4.78, 5) is 22.6. The van der Waals surface area contributed by atoms with Crippen molar-refractivity contribution in [2.45, 2.75) is 37.8 Å². The van der Waals surface area contributed by atoms with Gasteiger partial charge in [0.15, 0.2) is 17.2 Å². The van der Waals surface area contributed by atoms with Crippen molar-refractivity contribution in [3.63, 3.8) is 0 Å². The third kappa shape index (κ3) is 4.96. The van der Waals surface area contributed by atoms with E-state index in [9.17, 15) is 9.18 Å². The average molecular weight is 456 g/mol. The van der Waals surface area contributed by atoms with Crippen molar-refractivity contribution in [3.05, 3.63) is 53.8 Å². The molecule has 0 radical (unpaired) electrons. The Bertz CT molecular complexity index is 1050. The Balaban J connectivity index is 1.48. The van der Waals surface area contributed by atoms with Gasteiger partial charge < -0.3 is 14.8 Å². The minimum absolute atomic E-state index is 0.159. The van der Waals surface area contributed by atoms with Crippen LogP contribution in [0.25, 0.3) is 0 Å². The molecule has 32 heavy (non-hydrogen) atoms. The van der Waals surface area contributed by atoms with Crippen molar-refractivity contribution in [1.29, 1.82) is 0 Å². The van der Waals surface area contributed by atoms with Crippen molar-refractivity contribution in [2.75, 3.05) is 25.3 Å². The zero-order valence-corrected chi connectivity index (χ0v) is 19.0. The Labute approximate surface area is 191 Å². The Hall–Kier alpha value is -2.87. The van der Waals surface area contributed by atoms with E-state index in [1.165, 1.54) is 30.3 Å². The van der Waals surface area contributed by atoms with E-state index in [1.54, 1.807) is 44.6 Å². The number of aliphatic imine (C=N–C) groups is 2. The highest BCUT2D eigenvalue weighted by molar-refractivity contribution is 8.16. The largest absolute Gasteiger partial charge is 0.493 e. The zero-order chi connectivity index (χ0) is 22.6. The predicted octanol–water partition coefficient (Wildman–Crippen LogP) is 5.08. The maximum atomic E-state index is 13.4. The summed E-state index contributed by atoms with van der Waals surface area (Å²) in [5.74, 6) is 0.873. The van der Waals surface area contributed by atoms with Gasteiger partial charge in [-0.3, -0.25) is 9.79 Å². The lowest BCUT2D eigenvalue weighted by Gasteiger charge is -2.27. The van der Waals surface area contributed by atoms with Crippen molar-refractivity contribution >= 4 is 34.1 Å². The van der Waals surface area contributed by atoms with E-state index in [4.69, 9.17) is 19.5 Å². The van der Waals surface area contributed by atoms with Gasteiger partial charge in [0.1, 0.15) is 10.9 Å². The second-order valence-corrected chi connectivity index (χ2v) is 8.80. The number of carbonyl (C=O) groups excluding carboxylic acids is 1. The number of carbonyl (C=O) groups is 1. The van der Waals surface area contributed by atoms with E-state index in [2.05, 4.69) is 5.32 Å². The molecule has 1 aliphatic carbocycles. The van der Waals surface area contributed by atoms with Crippen molar-refractivity contribution in [3.8, 4) is 11.5 Å². The molecule has 0 aromatic heterocycles. The lowest BCUT2D eigenvalue weighted by atomic mass is 9.90. The molecule has 1 saturated carbocycles. The number of hydrogen-bond acceptors (Lipinski definition) is 6. The fourth-order valence-electron chi connectivity index (χ4n) is 4.01. The summed E-state index contributed by atoms with van der Waals surface area (Å²) in [6.07, 6.45) is 5.16. The van der Waals surface area contributed by atoms with Gasteiger partial charge in [-0.25, -0.2) is 9.38 Å². The van der Waals surface area contributed by atoms with Crippen LogP contribution < -0.4 is 14.8 Å². The van der Waals surface area contributed by atoms with Crippen LogP contribution in [0.15, 0.2) is 52.4 Å². The molecule has 6 nitrogen and oxygen atoms in total. The van der Waals surface area contributed by atoms with Gasteiger partial charge >= 0.3 is 0 Å². The second kappa shape index (κ2) is 9.73. The van der Waals surface area contributed by atoms with Crippen LogP contribution in [-0.2, 0) is 4.79 Å². The van der Waals surface area contributed by atoms with Gasteiger partial charge in [-0.2, -0.15) is 0 Å². The number of benzene rings is 2. The first-order valence-electron chi connectivity index (χ1n) is 10.6. The molecule has 1 fully saturated rings. The van der Waals surface area contributed by atoms with Crippen LogP contribution in [0.4, 0.5) is 10.1 Å². The van der Waals surface area contributed by atoms with Gasteiger partial charge in [-0.15, -0.1) is 0 Å². The van der Waals surface area contributed by atoms with Crippen molar-refractivity contribution in [1.82, 2.24) is 0 Å². The Morgan fingerprint density at radius 1 is 1.03 bits per heavy atom. The molecule has 0 unspecified atom stereocenters. The van der Waals surface area contributed by atoms with E-state index < -0.39 is 5.66 Å². The van der Waals surface area contributed by atoms with E-state index in [-0.39, 0.29) is 17.5 Å². The standard InChI is InChI=1S/C24H26FN3O3S/c1-30-19-11-10-18(14-20(19)31-2)26-21(29)15-32-23-22(16-6-8-17(25)9-7-16)27-24(28-23)12-4-3-5-13-24/h6-11,14H,3-5,12-13,15H2,1-2H3,(H,26,29). The molecule has 4 rings (SSSR count). The molecule has 1 amide bonds. The lowest BCUT2D eigenvalue weighted by Crippen LogP contribution is -2.25. The molecular formula is C24H26FN3O3S. The van der Waals surface area contributed by atoms with Gasteiger partial charge in [0.25, 0.3) is 0 Å². The topological polar surface area (TPSA) is 72.3 Å². The third-order valence-electron chi connectivity index (χ3n) is 5.61. The number of methoxy groups -OCH3 is 2. The monoisotopic (exact) mass is 455 g/mol. The summed E-state index contributed by atoms with van der Waals surface area (Å²) in [6, 6.07) is 11.5. The molecule has 1 heterocycles. The SMILES string of the molecule is COc1ccc(NC(=O)CSC2=NC3(CCCCC3)N=C2c2ccc(F)cc2)cc1OC. The maximum Gasteiger partial charge on any atom is 0.234 e. The predicted molar refractivity (Wildman–Crippen MR) is 127 cm³/mol. The summed E-state index contributed by atoms with van der Waals surface area (Å²) in [5, 5.41) is 3.62. The molecule has 168 valence electrons. The summed E-state index contributed by atoms with van der Waals surface area (Å²) < 4.78 is 24.0. The number of ether oxygens (including phenoxy) is 2. The molecule has 0 atom stereocenters. The first-order chi connectivity index (χ1) is 15.5. The highest BCUT2D eigenvalue weighted by atomic mass is 32.2. The van der Waals surface area contributed by atoms with E-state index in [0.29, 0.717) is 17.2 Å². The minimum Gasteiger partial charge on any atom is -0.493 e. The zero-order valence-electron chi connectivity index (χ0n) is 18.2. The molecule has 1 N–H and O–H groups in total. The molecule has 8 heteroatoms. The Morgan fingerprint density at radius 3 is 2.44 bits per heavy atom. The quantitative estimate of drug-likeness (QED) is 0.660. The van der Waals surface area contributed by atoms with Gasteiger partial charge in [-0.05, 0) is 62.1 Å². The highest BCUT2D eigenvalue weighted by Gasteiger charge is 2.37. The van der Waals surface area contributed by atoms with Gasteiger partial charge in [0.2, 0.25) is 5.91 Å². The number of amides is 1. The van der Waals surface area contributed by atoms with Crippen molar-refractivity contribution < 1.29 is 18.7 Å². The van der Waals surface area contributed by atoms with Gasteiger partial charge in [-0.1, -0.05) is 18.2 Å². The number of anilines is 1. The molecule has 1 spiro atoms. The summed E-state index contributed by atoms with van der Waals surface area (Å²) in [5.41, 5.74) is 1.75. The summed E-state index contributed by atoms with van der Waals surface area (Å²) in [6.45, 7) is 0. The van der Waals surface area contributed by atoms with E-state index in [0.717, 1.165) is 42.0 Å². The summed E-state index contributed by atoms with van der Waals surface area (Å²) in [7, 11) is 3.11. The van der Waals surface area contributed by atoms with Crippen LogP contribution in [0.3, 0.4) is 0 Å². The number of hydrogen-bond donors (Lipinski definition) is 1.